The Morgan fingerprint density at radius 1 is 0.950 bits per heavy atom. The van der Waals surface area contributed by atoms with Gasteiger partial charge in [0.1, 0.15) is 0 Å². The van der Waals surface area contributed by atoms with Gasteiger partial charge in [0, 0.05) is 24.8 Å². The van der Waals surface area contributed by atoms with Crippen molar-refractivity contribution in [3.8, 4) is 11.1 Å². The highest BCUT2D eigenvalue weighted by atomic mass is 19.2. The number of hydrogen-bond donors (Lipinski definition) is 1. The first-order chi connectivity index (χ1) is 9.63. The molecule has 0 aromatic heterocycles. The number of nitrogens with two attached hydrogens (primary N) is 1. The van der Waals surface area contributed by atoms with Crippen molar-refractivity contribution >= 4 is 5.69 Å². The van der Waals surface area contributed by atoms with E-state index in [-0.39, 0.29) is 6.04 Å². The lowest BCUT2D eigenvalue weighted by Crippen LogP contribution is -2.26. The van der Waals surface area contributed by atoms with Crippen molar-refractivity contribution in [1.82, 2.24) is 0 Å². The van der Waals surface area contributed by atoms with Crippen LogP contribution < -0.4 is 10.6 Å². The zero-order valence-corrected chi connectivity index (χ0v) is 11.0. The average molecular weight is 274 g/mol. The fourth-order valence-electron chi connectivity index (χ4n) is 2.56. The number of halogens is 2. The number of rotatable bonds is 2. The van der Waals surface area contributed by atoms with E-state index in [0.29, 0.717) is 5.56 Å². The zero-order chi connectivity index (χ0) is 14.1. The van der Waals surface area contributed by atoms with E-state index in [1.165, 1.54) is 6.07 Å². The van der Waals surface area contributed by atoms with Gasteiger partial charge < -0.3 is 10.6 Å². The lowest BCUT2D eigenvalue weighted by Gasteiger charge is -2.18. The van der Waals surface area contributed by atoms with Gasteiger partial charge in [-0.15, -0.1) is 0 Å². The minimum Gasteiger partial charge on any atom is -0.370 e. The lowest BCUT2D eigenvalue weighted by molar-refractivity contribution is 0.509. The summed E-state index contributed by atoms with van der Waals surface area (Å²) in [5.41, 5.74) is 8.56. The quantitative estimate of drug-likeness (QED) is 0.911. The minimum atomic E-state index is -0.823. The van der Waals surface area contributed by atoms with Crippen molar-refractivity contribution in [1.29, 1.82) is 0 Å². The van der Waals surface area contributed by atoms with Crippen LogP contribution in [0.1, 0.15) is 6.42 Å². The Bertz CT molecular complexity index is 610. The highest BCUT2D eigenvalue weighted by Gasteiger charge is 2.19. The second-order valence-corrected chi connectivity index (χ2v) is 5.17. The van der Waals surface area contributed by atoms with Crippen LogP contribution >= 0.6 is 0 Å². The van der Waals surface area contributed by atoms with Gasteiger partial charge in [-0.2, -0.15) is 0 Å². The predicted molar refractivity (Wildman–Crippen MR) is 76.6 cm³/mol. The average Bonchev–Trinajstić information content (AvgIpc) is 2.89. The lowest BCUT2D eigenvalue weighted by atomic mass is 10.0. The van der Waals surface area contributed by atoms with Crippen LogP contribution in [0.25, 0.3) is 11.1 Å². The van der Waals surface area contributed by atoms with E-state index in [4.69, 9.17) is 5.73 Å². The molecule has 0 aliphatic carbocycles. The molecule has 1 fully saturated rings. The third kappa shape index (κ3) is 2.51. The molecule has 0 unspecified atom stereocenters. The van der Waals surface area contributed by atoms with Gasteiger partial charge in [0.15, 0.2) is 11.6 Å². The molecule has 0 saturated carbocycles. The van der Waals surface area contributed by atoms with E-state index < -0.39 is 11.6 Å². The molecule has 1 aliphatic heterocycles. The van der Waals surface area contributed by atoms with Crippen molar-refractivity contribution in [2.24, 2.45) is 5.73 Å². The van der Waals surface area contributed by atoms with Crippen molar-refractivity contribution in [2.45, 2.75) is 12.5 Å². The Morgan fingerprint density at radius 2 is 1.65 bits per heavy atom. The molecule has 2 aromatic carbocycles. The molecular formula is C16H16F2N2. The molecule has 20 heavy (non-hydrogen) atoms. The maximum Gasteiger partial charge on any atom is 0.159 e. The van der Waals surface area contributed by atoms with Crippen LogP contribution in [0.15, 0.2) is 42.5 Å². The molecule has 104 valence electrons. The smallest absolute Gasteiger partial charge is 0.159 e. The summed E-state index contributed by atoms with van der Waals surface area (Å²) in [6.07, 6.45) is 1.00. The Hall–Kier alpha value is -1.94. The molecule has 0 amide bonds. The van der Waals surface area contributed by atoms with Crippen molar-refractivity contribution < 1.29 is 8.78 Å². The summed E-state index contributed by atoms with van der Waals surface area (Å²) in [5.74, 6) is -1.64. The van der Waals surface area contributed by atoms with Gasteiger partial charge in [-0.05, 0) is 41.8 Å². The van der Waals surface area contributed by atoms with Crippen LogP contribution in [0, 0.1) is 11.6 Å². The molecular weight excluding hydrogens is 258 g/mol. The molecule has 0 radical (unpaired) electrons. The summed E-state index contributed by atoms with van der Waals surface area (Å²) >= 11 is 0. The summed E-state index contributed by atoms with van der Waals surface area (Å²) in [5, 5.41) is 0. The fraction of sp³-hybridized carbons (Fsp3) is 0.250. The number of nitrogens with zero attached hydrogens (tertiary/aromatic N) is 1. The van der Waals surface area contributed by atoms with E-state index >= 15 is 0 Å². The summed E-state index contributed by atoms with van der Waals surface area (Å²) in [6.45, 7) is 1.83. The van der Waals surface area contributed by atoms with Crippen molar-refractivity contribution in [2.75, 3.05) is 18.0 Å². The normalized spacial score (nSPS) is 18.6. The second kappa shape index (κ2) is 5.21. The van der Waals surface area contributed by atoms with Crippen LogP contribution in [0.3, 0.4) is 0 Å². The Morgan fingerprint density at radius 3 is 2.25 bits per heavy atom. The summed E-state index contributed by atoms with van der Waals surface area (Å²) < 4.78 is 26.2. The molecule has 1 heterocycles. The first-order valence-corrected chi connectivity index (χ1v) is 6.69. The molecule has 2 nitrogen and oxygen atoms in total. The molecule has 1 aliphatic rings. The van der Waals surface area contributed by atoms with Crippen LogP contribution in [-0.2, 0) is 0 Å². The van der Waals surface area contributed by atoms with Crippen LogP contribution in [-0.4, -0.2) is 19.1 Å². The molecule has 2 N–H and O–H groups in total. The molecule has 0 spiro atoms. The molecule has 2 aromatic rings. The summed E-state index contributed by atoms with van der Waals surface area (Å²) in [6, 6.07) is 12.0. The molecule has 3 rings (SSSR count). The molecule has 0 bridgehead atoms. The summed E-state index contributed by atoms with van der Waals surface area (Å²) in [7, 11) is 0. The van der Waals surface area contributed by atoms with Gasteiger partial charge in [-0.1, -0.05) is 18.2 Å². The Labute approximate surface area is 116 Å². The maximum absolute atomic E-state index is 13.2. The third-order valence-corrected chi connectivity index (χ3v) is 3.71. The van der Waals surface area contributed by atoms with Gasteiger partial charge in [0.25, 0.3) is 0 Å². The first-order valence-electron chi connectivity index (χ1n) is 6.69. The van der Waals surface area contributed by atoms with Crippen LogP contribution in [0.4, 0.5) is 14.5 Å². The predicted octanol–water partition coefficient (Wildman–Crippen LogP) is 3.17. The van der Waals surface area contributed by atoms with Gasteiger partial charge >= 0.3 is 0 Å². The van der Waals surface area contributed by atoms with E-state index in [0.717, 1.165) is 36.8 Å². The van der Waals surface area contributed by atoms with Gasteiger partial charge in [-0.25, -0.2) is 8.78 Å². The SMILES string of the molecule is N[C@H]1CCN(c2ccc(-c3ccc(F)c(F)c3)cc2)C1. The van der Waals surface area contributed by atoms with Crippen LogP contribution in [0.5, 0.6) is 0 Å². The maximum atomic E-state index is 13.2. The summed E-state index contributed by atoms with van der Waals surface area (Å²) in [4.78, 5) is 2.24. The number of benzene rings is 2. The Kier molecular flexibility index (Phi) is 3.40. The Balaban J connectivity index is 1.83. The second-order valence-electron chi connectivity index (χ2n) is 5.17. The topological polar surface area (TPSA) is 29.3 Å². The molecule has 1 saturated heterocycles. The minimum absolute atomic E-state index is 0.237. The van der Waals surface area contributed by atoms with Crippen molar-refractivity contribution in [3.05, 3.63) is 54.1 Å². The standard InChI is InChI=1S/C16H16F2N2/c17-15-6-3-12(9-16(15)18)11-1-4-14(5-2-11)20-8-7-13(19)10-20/h1-6,9,13H,7-8,10,19H2/t13-/m0/s1. The van der Waals surface area contributed by atoms with E-state index in [1.54, 1.807) is 6.07 Å². The third-order valence-electron chi connectivity index (χ3n) is 3.71. The van der Waals surface area contributed by atoms with E-state index in [1.807, 2.05) is 24.3 Å². The number of hydrogen-bond acceptors (Lipinski definition) is 2. The van der Waals surface area contributed by atoms with E-state index in [2.05, 4.69) is 4.90 Å². The van der Waals surface area contributed by atoms with Crippen LogP contribution in [0.2, 0.25) is 0 Å². The number of anilines is 1. The van der Waals surface area contributed by atoms with Gasteiger partial charge in [0.05, 0.1) is 0 Å². The van der Waals surface area contributed by atoms with E-state index in [9.17, 15) is 8.78 Å². The van der Waals surface area contributed by atoms with Gasteiger partial charge in [0.2, 0.25) is 0 Å². The molecule has 1 atom stereocenters. The van der Waals surface area contributed by atoms with Crippen molar-refractivity contribution in [3.63, 3.8) is 0 Å². The first kappa shape index (κ1) is 13.1. The highest BCUT2D eigenvalue weighted by molar-refractivity contribution is 5.66. The van der Waals surface area contributed by atoms with Gasteiger partial charge in [-0.3, -0.25) is 0 Å². The molecule has 4 heteroatoms. The fourth-order valence-corrected chi connectivity index (χ4v) is 2.56. The zero-order valence-electron chi connectivity index (χ0n) is 11.0. The largest absolute Gasteiger partial charge is 0.370 e. The highest BCUT2D eigenvalue weighted by Crippen LogP contribution is 2.26. The monoisotopic (exact) mass is 274 g/mol.